The van der Waals surface area contributed by atoms with Crippen LogP contribution in [0.3, 0.4) is 0 Å². The van der Waals surface area contributed by atoms with E-state index in [-0.39, 0.29) is 5.75 Å². The molecule has 2 aromatic rings. The molecule has 84 valence electrons. The zero-order chi connectivity index (χ0) is 11.7. The van der Waals surface area contributed by atoms with Crippen LogP contribution in [0.1, 0.15) is 0 Å². The highest BCUT2D eigenvalue weighted by Gasteiger charge is 2.13. The van der Waals surface area contributed by atoms with E-state index in [1.165, 1.54) is 0 Å². The number of nitrogen functional groups attached to an aromatic ring is 1. The molecular formula is C11H13N3O2. The van der Waals surface area contributed by atoms with Crippen LogP contribution >= 0.6 is 0 Å². The van der Waals surface area contributed by atoms with Crippen molar-refractivity contribution in [1.29, 1.82) is 0 Å². The average Bonchev–Trinajstić information content (AvgIpc) is 2.60. The molecule has 5 nitrogen and oxygen atoms in total. The lowest BCUT2D eigenvalue weighted by Gasteiger charge is -2.08. The van der Waals surface area contributed by atoms with Gasteiger partial charge in [0.2, 0.25) is 0 Å². The standard InChI is InChI=1S/C11H13N3O2/c1-14-11(9(12)6-13-14)8-5-7(16-2)3-4-10(8)15/h3-6,15H,12H2,1-2H3. The maximum Gasteiger partial charge on any atom is 0.125 e. The number of anilines is 1. The Kier molecular flexibility index (Phi) is 2.44. The van der Waals surface area contributed by atoms with Crippen LogP contribution in [0.25, 0.3) is 11.3 Å². The maximum absolute atomic E-state index is 9.80. The number of aryl methyl sites for hydroxylation is 1. The highest BCUT2D eigenvalue weighted by molar-refractivity contribution is 5.77. The summed E-state index contributed by atoms with van der Waals surface area (Å²) in [5, 5.41) is 13.8. The SMILES string of the molecule is COc1ccc(O)c(-c2c(N)cnn2C)c1. The van der Waals surface area contributed by atoms with Gasteiger partial charge in [-0.1, -0.05) is 0 Å². The van der Waals surface area contributed by atoms with Crippen LogP contribution in [0.2, 0.25) is 0 Å². The number of aromatic nitrogens is 2. The van der Waals surface area contributed by atoms with Gasteiger partial charge in [0.1, 0.15) is 11.5 Å². The van der Waals surface area contributed by atoms with Gasteiger partial charge in [-0.3, -0.25) is 4.68 Å². The molecule has 0 fully saturated rings. The van der Waals surface area contributed by atoms with E-state index in [0.717, 1.165) is 0 Å². The lowest BCUT2D eigenvalue weighted by atomic mass is 10.1. The van der Waals surface area contributed by atoms with Crippen LogP contribution in [0.4, 0.5) is 5.69 Å². The quantitative estimate of drug-likeness (QED) is 0.800. The highest BCUT2D eigenvalue weighted by atomic mass is 16.5. The minimum atomic E-state index is 0.149. The van der Waals surface area contributed by atoms with Gasteiger partial charge in [-0.15, -0.1) is 0 Å². The van der Waals surface area contributed by atoms with Crippen molar-refractivity contribution in [2.45, 2.75) is 0 Å². The topological polar surface area (TPSA) is 73.3 Å². The molecule has 0 saturated carbocycles. The molecule has 0 unspecified atom stereocenters. The number of rotatable bonds is 2. The van der Waals surface area contributed by atoms with Crippen LogP contribution in [0, 0.1) is 0 Å². The van der Waals surface area contributed by atoms with Crippen molar-refractivity contribution < 1.29 is 9.84 Å². The maximum atomic E-state index is 9.80. The Bertz CT molecular complexity index is 500. The molecule has 5 heteroatoms. The highest BCUT2D eigenvalue weighted by Crippen LogP contribution is 2.35. The number of methoxy groups -OCH3 is 1. The van der Waals surface area contributed by atoms with E-state index in [2.05, 4.69) is 5.10 Å². The number of phenols is 1. The lowest BCUT2D eigenvalue weighted by molar-refractivity contribution is 0.412. The minimum absolute atomic E-state index is 0.149. The molecule has 0 radical (unpaired) electrons. The van der Waals surface area contributed by atoms with Crippen LogP contribution in [0.5, 0.6) is 11.5 Å². The number of nitrogens with two attached hydrogens (primary N) is 1. The fraction of sp³-hybridized carbons (Fsp3) is 0.182. The monoisotopic (exact) mass is 219 g/mol. The van der Waals surface area contributed by atoms with Crippen molar-refractivity contribution in [3.63, 3.8) is 0 Å². The molecule has 0 amide bonds. The fourth-order valence-corrected chi connectivity index (χ4v) is 1.62. The molecule has 16 heavy (non-hydrogen) atoms. The Labute approximate surface area is 93.1 Å². The van der Waals surface area contributed by atoms with Gasteiger partial charge in [0.25, 0.3) is 0 Å². The first kappa shape index (κ1) is 10.4. The Morgan fingerprint density at radius 3 is 2.75 bits per heavy atom. The summed E-state index contributed by atoms with van der Waals surface area (Å²) in [6, 6.07) is 4.98. The molecule has 3 N–H and O–H groups in total. The summed E-state index contributed by atoms with van der Waals surface area (Å²) < 4.78 is 6.72. The van der Waals surface area contributed by atoms with Crippen LogP contribution in [-0.4, -0.2) is 22.0 Å². The van der Waals surface area contributed by atoms with E-state index in [0.29, 0.717) is 22.7 Å². The largest absolute Gasteiger partial charge is 0.507 e. The fourth-order valence-electron chi connectivity index (χ4n) is 1.62. The van der Waals surface area contributed by atoms with Gasteiger partial charge in [-0.05, 0) is 18.2 Å². The van der Waals surface area contributed by atoms with E-state index >= 15 is 0 Å². The van der Waals surface area contributed by atoms with Gasteiger partial charge >= 0.3 is 0 Å². The summed E-state index contributed by atoms with van der Waals surface area (Å²) in [6.45, 7) is 0. The van der Waals surface area contributed by atoms with Crippen molar-refractivity contribution in [2.75, 3.05) is 12.8 Å². The molecule has 1 aromatic carbocycles. The van der Waals surface area contributed by atoms with Gasteiger partial charge < -0.3 is 15.6 Å². The number of aromatic hydroxyl groups is 1. The summed E-state index contributed by atoms with van der Waals surface area (Å²) in [5.74, 6) is 0.810. The van der Waals surface area contributed by atoms with Crippen LogP contribution < -0.4 is 10.5 Å². The Hall–Kier alpha value is -2.17. The first-order valence-corrected chi connectivity index (χ1v) is 4.78. The second-order valence-electron chi connectivity index (χ2n) is 3.46. The molecule has 0 aliphatic carbocycles. The predicted molar refractivity (Wildman–Crippen MR) is 61.3 cm³/mol. The number of benzene rings is 1. The number of phenolic OH excluding ortho intramolecular Hbond substituents is 1. The molecule has 0 atom stereocenters. The third-order valence-electron chi connectivity index (χ3n) is 2.43. The Morgan fingerprint density at radius 1 is 1.44 bits per heavy atom. The normalized spacial score (nSPS) is 10.4. The molecule has 0 spiro atoms. The van der Waals surface area contributed by atoms with Crippen molar-refractivity contribution in [3.05, 3.63) is 24.4 Å². The van der Waals surface area contributed by atoms with Crippen molar-refractivity contribution in [3.8, 4) is 22.8 Å². The number of nitrogens with zero attached hydrogens (tertiary/aromatic N) is 2. The Balaban J connectivity index is 2.63. The van der Waals surface area contributed by atoms with E-state index in [1.807, 2.05) is 0 Å². The van der Waals surface area contributed by atoms with Crippen molar-refractivity contribution in [1.82, 2.24) is 9.78 Å². The second kappa shape index (κ2) is 3.77. The zero-order valence-corrected chi connectivity index (χ0v) is 9.14. The van der Waals surface area contributed by atoms with Gasteiger partial charge in [-0.2, -0.15) is 5.10 Å². The lowest BCUT2D eigenvalue weighted by Crippen LogP contribution is -1.96. The van der Waals surface area contributed by atoms with Gasteiger partial charge in [0, 0.05) is 12.6 Å². The third-order valence-corrected chi connectivity index (χ3v) is 2.43. The molecule has 2 rings (SSSR count). The van der Waals surface area contributed by atoms with Gasteiger partial charge in [0.15, 0.2) is 0 Å². The van der Waals surface area contributed by atoms with E-state index in [9.17, 15) is 5.11 Å². The molecule has 0 aliphatic rings. The number of hydrogen-bond donors (Lipinski definition) is 2. The van der Waals surface area contributed by atoms with Gasteiger partial charge in [-0.25, -0.2) is 0 Å². The first-order valence-electron chi connectivity index (χ1n) is 4.78. The molecule has 1 aromatic heterocycles. The second-order valence-corrected chi connectivity index (χ2v) is 3.46. The number of ether oxygens (including phenoxy) is 1. The first-order chi connectivity index (χ1) is 7.63. The van der Waals surface area contributed by atoms with Gasteiger partial charge in [0.05, 0.1) is 24.7 Å². The summed E-state index contributed by atoms with van der Waals surface area (Å²) in [4.78, 5) is 0. The van der Waals surface area contributed by atoms with Crippen molar-refractivity contribution in [2.24, 2.45) is 7.05 Å². The molecule has 0 saturated heterocycles. The third kappa shape index (κ3) is 1.56. The molecular weight excluding hydrogens is 206 g/mol. The van der Waals surface area contributed by atoms with E-state index in [1.54, 1.807) is 43.2 Å². The van der Waals surface area contributed by atoms with E-state index < -0.39 is 0 Å². The minimum Gasteiger partial charge on any atom is -0.507 e. The summed E-state index contributed by atoms with van der Waals surface area (Å²) >= 11 is 0. The smallest absolute Gasteiger partial charge is 0.125 e. The predicted octanol–water partition coefficient (Wildman–Crippen LogP) is 1.38. The van der Waals surface area contributed by atoms with Crippen molar-refractivity contribution >= 4 is 5.69 Å². The number of hydrogen-bond acceptors (Lipinski definition) is 4. The molecule has 0 aliphatic heterocycles. The summed E-state index contributed by atoms with van der Waals surface area (Å²) in [5.41, 5.74) is 7.60. The Morgan fingerprint density at radius 2 is 2.19 bits per heavy atom. The van der Waals surface area contributed by atoms with E-state index in [4.69, 9.17) is 10.5 Å². The van der Waals surface area contributed by atoms with Crippen LogP contribution in [0.15, 0.2) is 24.4 Å². The molecule has 1 heterocycles. The molecule has 0 bridgehead atoms. The summed E-state index contributed by atoms with van der Waals surface area (Å²) in [7, 11) is 3.34. The average molecular weight is 219 g/mol. The summed E-state index contributed by atoms with van der Waals surface area (Å²) in [6.07, 6.45) is 1.55. The zero-order valence-electron chi connectivity index (χ0n) is 9.14. The van der Waals surface area contributed by atoms with Crippen LogP contribution in [-0.2, 0) is 7.05 Å².